The molecule has 2 rings (SSSR count). The van der Waals surface area contributed by atoms with Crippen LogP contribution in [-0.4, -0.2) is 23.7 Å². The van der Waals surface area contributed by atoms with Gasteiger partial charge >= 0.3 is 0 Å². The number of nitrogens with two attached hydrogens (primary N) is 1. The summed E-state index contributed by atoms with van der Waals surface area (Å²) in [7, 11) is 0. The van der Waals surface area contributed by atoms with Gasteiger partial charge in [0.25, 0.3) is 0 Å². The molecule has 0 aromatic heterocycles. The normalized spacial score (nSPS) is 22.4. The van der Waals surface area contributed by atoms with Crippen LogP contribution in [0.3, 0.4) is 0 Å². The van der Waals surface area contributed by atoms with Crippen molar-refractivity contribution >= 4 is 15.9 Å². The van der Waals surface area contributed by atoms with Gasteiger partial charge in [-0.2, -0.15) is 0 Å². The van der Waals surface area contributed by atoms with E-state index in [0.717, 1.165) is 10.0 Å². The summed E-state index contributed by atoms with van der Waals surface area (Å²) in [6.07, 6.45) is -0.211. The topological polar surface area (TPSA) is 46.2 Å². The Morgan fingerprint density at radius 2 is 2.00 bits per heavy atom. The number of hydrogen-bond acceptors (Lipinski definition) is 2. The molecule has 0 spiro atoms. The van der Waals surface area contributed by atoms with Gasteiger partial charge in [-0.1, -0.05) is 28.1 Å². The molecule has 112 valence electrons. The highest BCUT2D eigenvalue weighted by Gasteiger charge is 2.39. The van der Waals surface area contributed by atoms with E-state index >= 15 is 0 Å². The van der Waals surface area contributed by atoms with Crippen LogP contribution in [0.5, 0.6) is 0 Å². The standard InChI is InChI=1S/C15H20BrF2NO/c16-12-3-1-2-11(8-12)13(9-19)14(20)10-4-6-15(17,18)7-5-10/h1-3,8,10,13-14,20H,4-7,9,19H2. The van der Waals surface area contributed by atoms with Crippen molar-refractivity contribution in [1.29, 1.82) is 0 Å². The second-order valence-electron chi connectivity index (χ2n) is 5.58. The molecular formula is C15H20BrF2NO. The summed E-state index contributed by atoms with van der Waals surface area (Å²) in [4.78, 5) is 0. The molecule has 1 fully saturated rings. The van der Waals surface area contributed by atoms with E-state index in [1.807, 2.05) is 24.3 Å². The van der Waals surface area contributed by atoms with Crippen molar-refractivity contribution in [3.8, 4) is 0 Å². The Labute approximate surface area is 126 Å². The molecule has 5 heteroatoms. The summed E-state index contributed by atoms with van der Waals surface area (Å²) in [6.45, 7) is 0.310. The lowest BCUT2D eigenvalue weighted by Gasteiger charge is -2.34. The van der Waals surface area contributed by atoms with Gasteiger partial charge in [-0.05, 0) is 36.5 Å². The number of aliphatic hydroxyl groups is 1. The second kappa shape index (κ2) is 6.50. The zero-order valence-corrected chi connectivity index (χ0v) is 12.8. The van der Waals surface area contributed by atoms with Gasteiger partial charge in [0.2, 0.25) is 5.92 Å². The van der Waals surface area contributed by atoms with Crippen LogP contribution in [0.4, 0.5) is 8.78 Å². The molecule has 2 unspecified atom stereocenters. The summed E-state index contributed by atoms with van der Waals surface area (Å²) < 4.78 is 27.3. The molecule has 1 aromatic carbocycles. The molecule has 2 nitrogen and oxygen atoms in total. The van der Waals surface area contributed by atoms with Crippen LogP contribution in [0.15, 0.2) is 28.7 Å². The van der Waals surface area contributed by atoms with Gasteiger partial charge in [0.05, 0.1) is 6.10 Å². The van der Waals surface area contributed by atoms with Gasteiger partial charge in [0.1, 0.15) is 0 Å². The van der Waals surface area contributed by atoms with E-state index in [4.69, 9.17) is 5.73 Å². The highest BCUT2D eigenvalue weighted by molar-refractivity contribution is 9.10. The van der Waals surface area contributed by atoms with Gasteiger partial charge in [-0.3, -0.25) is 0 Å². The molecule has 0 heterocycles. The number of benzene rings is 1. The fourth-order valence-electron chi connectivity index (χ4n) is 2.94. The maximum absolute atomic E-state index is 13.2. The van der Waals surface area contributed by atoms with Crippen LogP contribution in [0, 0.1) is 5.92 Å². The first-order valence-electron chi connectivity index (χ1n) is 6.94. The Balaban J connectivity index is 2.08. The maximum Gasteiger partial charge on any atom is 0.248 e. The lowest BCUT2D eigenvalue weighted by Crippen LogP contribution is -2.37. The quantitative estimate of drug-likeness (QED) is 0.872. The van der Waals surface area contributed by atoms with Gasteiger partial charge < -0.3 is 10.8 Å². The number of rotatable bonds is 4. The van der Waals surface area contributed by atoms with Crippen LogP contribution in [0.1, 0.15) is 37.2 Å². The molecule has 0 amide bonds. The maximum atomic E-state index is 13.2. The summed E-state index contributed by atoms with van der Waals surface area (Å²) in [5.41, 5.74) is 6.74. The van der Waals surface area contributed by atoms with Crippen molar-refractivity contribution < 1.29 is 13.9 Å². The molecular weight excluding hydrogens is 328 g/mol. The smallest absolute Gasteiger partial charge is 0.248 e. The Morgan fingerprint density at radius 1 is 1.35 bits per heavy atom. The predicted molar refractivity (Wildman–Crippen MR) is 78.8 cm³/mol. The Kier molecular flexibility index (Phi) is 5.15. The van der Waals surface area contributed by atoms with Crippen molar-refractivity contribution in [1.82, 2.24) is 0 Å². The minimum absolute atomic E-state index is 0.0952. The minimum Gasteiger partial charge on any atom is -0.392 e. The van der Waals surface area contributed by atoms with Crippen molar-refractivity contribution in [2.45, 2.75) is 43.6 Å². The average Bonchev–Trinajstić information content (AvgIpc) is 2.39. The molecule has 0 saturated heterocycles. The third-order valence-electron chi connectivity index (χ3n) is 4.19. The predicted octanol–water partition coefficient (Wildman–Crippen LogP) is 3.68. The summed E-state index contributed by atoms with van der Waals surface area (Å²) in [5, 5.41) is 10.5. The first-order valence-corrected chi connectivity index (χ1v) is 7.73. The van der Waals surface area contributed by atoms with Gasteiger partial charge in [-0.25, -0.2) is 8.78 Å². The van der Waals surface area contributed by atoms with Crippen LogP contribution in [-0.2, 0) is 0 Å². The SMILES string of the molecule is NCC(c1cccc(Br)c1)C(O)C1CCC(F)(F)CC1. The number of halogens is 3. The van der Waals surface area contributed by atoms with E-state index < -0.39 is 12.0 Å². The Bertz CT molecular complexity index is 445. The van der Waals surface area contributed by atoms with Crippen LogP contribution in [0.2, 0.25) is 0 Å². The summed E-state index contributed by atoms with van der Waals surface area (Å²) in [6, 6.07) is 7.65. The van der Waals surface area contributed by atoms with E-state index in [9.17, 15) is 13.9 Å². The number of hydrogen-bond donors (Lipinski definition) is 2. The zero-order chi connectivity index (χ0) is 14.8. The lowest BCUT2D eigenvalue weighted by atomic mass is 9.77. The van der Waals surface area contributed by atoms with E-state index in [2.05, 4.69) is 15.9 Å². The second-order valence-corrected chi connectivity index (χ2v) is 6.50. The molecule has 2 atom stereocenters. The molecule has 1 aliphatic carbocycles. The van der Waals surface area contributed by atoms with Crippen molar-refractivity contribution in [2.75, 3.05) is 6.54 Å². The molecule has 1 aliphatic rings. The molecule has 1 saturated carbocycles. The third-order valence-corrected chi connectivity index (χ3v) is 4.68. The van der Waals surface area contributed by atoms with Gasteiger partial charge in [-0.15, -0.1) is 0 Å². The minimum atomic E-state index is -2.57. The van der Waals surface area contributed by atoms with Crippen molar-refractivity contribution in [3.63, 3.8) is 0 Å². The number of alkyl halides is 2. The van der Waals surface area contributed by atoms with Gasteiger partial charge in [0, 0.05) is 29.8 Å². The fraction of sp³-hybridized carbons (Fsp3) is 0.600. The van der Waals surface area contributed by atoms with Gasteiger partial charge in [0.15, 0.2) is 0 Å². The average molecular weight is 348 g/mol. The Hall–Kier alpha value is -0.520. The van der Waals surface area contributed by atoms with Crippen LogP contribution in [0.25, 0.3) is 0 Å². The fourth-order valence-corrected chi connectivity index (χ4v) is 3.36. The monoisotopic (exact) mass is 347 g/mol. The van der Waals surface area contributed by atoms with Crippen molar-refractivity contribution in [3.05, 3.63) is 34.3 Å². The van der Waals surface area contributed by atoms with Crippen LogP contribution < -0.4 is 5.73 Å². The first-order chi connectivity index (χ1) is 9.43. The molecule has 0 radical (unpaired) electrons. The highest BCUT2D eigenvalue weighted by atomic mass is 79.9. The molecule has 20 heavy (non-hydrogen) atoms. The molecule has 0 bridgehead atoms. The lowest BCUT2D eigenvalue weighted by molar-refractivity contribution is -0.0651. The van der Waals surface area contributed by atoms with Crippen LogP contribution >= 0.6 is 15.9 Å². The van der Waals surface area contributed by atoms with Crippen molar-refractivity contribution in [2.24, 2.45) is 11.7 Å². The third kappa shape index (κ3) is 3.77. The first kappa shape index (κ1) is 15.9. The number of aliphatic hydroxyl groups excluding tert-OH is 1. The molecule has 1 aromatic rings. The largest absolute Gasteiger partial charge is 0.392 e. The Morgan fingerprint density at radius 3 is 2.55 bits per heavy atom. The van der Waals surface area contributed by atoms with E-state index in [-0.39, 0.29) is 24.7 Å². The highest BCUT2D eigenvalue weighted by Crippen LogP contribution is 2.40. The van der Waals surface area contributed by atoms with E-state index in [1.54, 1.807) is 0 Å². The summed E-state index contributed by atoms with van der Waals surface area (Å²) >= 11 is 3.40. The van der Waals surface area contributed by atoms with E-state index in [1.165, 1.54) is 0 Å². The summed E-state index contributed by atoms with van der Waals surface area (Å²) in [5.74, 6) is -2.86. The molecule has 0 aliphatic heterocycles. The molecule has 3 N–H and O–H groups in total. The zero-order valence-electron chi connectivity index (χ0n) is 11.2. The van der Waals surface area contributed by atoms with E-state index in [0.29, 0.717) is 19.4 Å².